The first kappa shape index (κ1) is 24.6. The number of nitrogens with zero attached hydrogens (tertiary/aromatic N) is 3. The number of ether oxygens (including phenoxy) is 1. The molecule has 2 aromatic carbocycles. The smallest absolute Gasteiger partial charge is 0.335 e. The van der Waals surface area contributed by atoms with Gasteiger partial charge in [0.2, 0.25) is 0 Å². The fraction of sp³-hybridized carbons (Fsp3) is 0.296. The van der Waals surface area contributed by atoms with E-state index in [-0.39, 0.29) is 29.9 Å². The van der Waals surface area contributed by atoms with Gasteiger partial charge in [-0.3, -0.25) is 14.9 Å². The van der Waals surface area contributed by atoms with Crippen LogP contribution in [-0.2, 0) is 16.0 Å². The molecule has 2 heterocycles. The van der Waals surface area contributed by atoms with Gasteiger partial charge in [-0.1, -0.05) is 25.0 Å². The summed E-state index contributed by atoms with van der Waals surface area (Å²) in [6, 6.07) is 12.5. The summed E-state index contributed by atoms with van der Waals surface area (Å²) in [6.45, 7) is 2.05. The van der Waals surface area contributed by atoms with E-state index in [0.717, 1.165) is 36.8 Å². The zero-order chi connectivity index (χ0) is 25.9. The third-order valence-electron chi connectivity index (χ3n) is 6.41. The van der Waals surface area contributed by atoms with Crippen molar-refractivity contribution in [3.8, 4) is 11.4 Å². The van der Waals surface area contributed by atoms with Crippen LogP contribution < -0.4 is 5.32 Å². The molecule has 1 fully saturated rings. The maximum absolute atomic E-state index is 13.0. The normalized spacial score (nSPS) is 13.6. The van der Waals surface area contributed by atoms with Crippen molar-refractivity contribution in [3.63, 3.8) is 0 Å². The SMILES string of the molecule is CCOC(=O)Cc1csc(NC(=O)c2cccc(-c3nc4cc(C(=O)O)ccc4n3C3CCCC3)c2)n1. The standard InChI is InChI=1S/C27H26N4O5S/c1-2-36-23(32)14-19-15-37-27(28-19)30-25(33)17-7-5-6-16(12-17)24-29-21-13-18(26(34)35)10-11-22(21)31(24)20-8-3-4-9-20/h5-7,10-13,15,20H,2-4,8-9,14H2,1H3,(H,34,35)(H,28,30,33). The predicted octanol–water partition coefficient (Wildman–Crippen LogP) is 5.33. The van der Waals surface area contributed by atoms with Crippen LogP contribution in [-0.4, -0.2) is 44.1 Å². The number of carbonyl (C=O) groups is 3. The molecule has 0 unspecified atom stereocenters. The van der Waals surface area contributed by atoms with Gasteiger partial charge in [0, 0.05) is 22.5 Å². The van der Waals surface area contributed by atoms with E-state index >= 15 is 0 Å². The Labute approximate surface area is 217 Å². The van der Waals surface area contributed by atoms with E-state index in [4.69, 9.17) is 9.72 Å². The van der Waals surface area contributed by atoms with Crippen LogP contribution in [0.2, 0.25) is 0 Å². The summed E-state index contributed by atoms with van der Waals surface area (Å²) in [4.78, 5) is 45.4. The van der Waals surface area contributed by atoms with Crippen molar-refractivity contribution in [1.82, 2.24) is 14.5 Å². The maximum Gasteiger partial charge on any atom is 0.335 e. The number of benzene rings is 2. The molecule has 5 rings (SSSR count). The number of amides is 1. The number of hydrogen-bond acceptors (Lipinski definition) is 7. The lowest BCUT2D eigenvalue weighted by atomic mass is 10.1. The highest BCUT2D eigenvalue weighted by Gasteiger charge is 2.24. The van der Waals surface area contributed by atoms with Crippen molar-refractivity contribution < 1.29 is 24.2 Å². The second-order valence-corrected chi connectivity index (χ2v) is 9.77. The monoisotopic (exact) mass is 518 g/mol. The third-order valence-corrected chi connectivity index (χ3v) is 7.22. The highest BCUT2D eigenvalue weighted by molar-refractivity contribution is 7.14. The molecule has 2 N–H and O–H groups in total. The number of carboxylic acid groups (broad SMARTS) is 1. The van der Waals surface area contributed by atoms with Gasteiger partial charge < -0.3 is 14.4 Å². The van der Waals surface area contributed by atoms with Crippen molar-refractivity contribution in [2.45, 2.75) is 45.1 Å². The predicted molar refractivity (Wildman–Crippen MR) is 140 cm³/mol. The molecule has 0 spiro atoms. The summed E-state index contributed by atoms with van der Waals surface area (Å²) in [5.74, 6) is -0.968. The first-order chi connectivity index (χ1) is 17.9. The van der Waals surface area contributed by atoms with Gasteiger partial charge in [-0.15, -0.1) is 11.3 Å². The summed E-state index contributed by atoms with van der Waals surface area (Å²) in [5, 5.41) is 14.4. The van der Waals surface area contributed by atoms with Crippen molar-refractivity contribution in [2.24, 2.45) is 0 Å². The van der Waals surface area contributed by atoms with E-state index in [1.165, 1.54) is 11.3 Å². The van der Waals surface area contributed by atoms with Crippen molar-refractivity contribution in [2.75, 3.05) is 11.9 Å². The highest BCUT2D eigenvalue weighted by Crippen LogP contribution is 2.37. The lowest BCUT2D eigenvalue weighted by Crippen LogP contribution is -2.13. The Morgan fingerprint density at radius 2 is 1.92 bits per heavy atom. The number of carbonyl (C=O) groups excluding carboxylic acids is 2. The summed E-state index contributed by atoms with van der Waals surface area (Å²) >= 11 is 1.24. The van der Waals surface area contributed by atoms with Gasteiger partial charge in [0.15, 0.2) is 5.13 Å². The second kappa shape index (κ2) is 10.5. The Balaban J connectivity index is 1.44. The molecule has 0 aliphatic heterocycles. The molecule has 37 heavy (non-hydrogen) atoms. The average molecular weight is 519 g/mol. The first-order valence-electron chi connectivity index (χ1n) is 12.2. The van der Waals surface area contributed by atoms with E-state index in [9.17, 15) is 19.5 Å². The Bertz CT molecular complexity index is 1490. The minimum absolute atomic E-state index is 0.0523. The number of rotatable bonds is 8. The number of fused-ring (bicyclic) bond motifs is 1. The quantitative estimate of drug-likeness (QED) is 0.302. The number of carboxylic acids is 1. The average Bonchev–Trinajstić information content (AvgIpc) is 3.63. The van der Waals surface area contributed by atoms with Crippen LogP contribution in [0.15, 0.2) is 47.8 Å². The molecule has 10 heteroatoms. The van der Waals surface area contributed by atoms with Crippen LogP contribution >= 0.6 is 11.3 Å². The minimum atomic E-state index is -0.995. The molecule has 2 aromatic heterocycles. The largest absolute Gasteiger partial charge is 0.478 e. The maximum atomic E-state index is 13.0. The highest BCUT2D eigenvalue weighted by atomic mass is 32.1. The van der Waals surface area contributed by atoms with Gasteiger partial charge in [0.25, 0.3) is 5.91 Å². The van der Waals surface area contributed by atoms with E-state index < -0.39 is 5.97 Å². The number of nitrogens with one attached hydrogen (secondary N) is 1. The second-order valence-electron chi connectivity index (χ2n) is 8.91. The van der Waals surface area contributed by atoms with Gasteiger partial charge in [0.05, 0.1) is 35.3 Å². The van der Waals surface area contributed by atoms with Crippen LogP contribution in [0.3, 0.4) is 0 Å². The Morgan fingerprint density at radius 1 is 1.11 bits per heavy atom. The molecular formula is C27H26N4O5S. The topological polar surface area (TPSA) is 123 Å². The van der Waals surface area contributed by atoms with Crippen molar-refractivity contribution >= 4 is 45.3 Å². The van der Waals surface area contributed by atoms with Crippen LogP contribution in [0.1, 0.15) is 65.1 Å². The van der Waals surface area contributed by atoms with Gasteiger partial charge in [0.1, 0.15) is 5.82 Å². The zero-order valence-corrected chi connectivity index (χ0v) is 21.1. The van der Waals surface area contributed by atoms with Gasteiger partial charge >= 0.3 is 11.9 Å². The Hall–Kier alpha value is -4.05. The number of hydrogen-bond donors (Lipinski definition) is 2. The van der Waals surface area contributed by atoms with E-state index in [2.05, 4.69) is 14.9 Å². The number of imidazole rings is 1. The molecule has 1 saturated carbocycles. The Morgan fingerprint density at radius 3 is 2.68 bits per heavy atom. The van der Waals surface area contributed by atoms with Crippen molar-refractivity contribution in [3.05, 3.63) is 64.7 Å². The molecular weight excluding hydrogens is 492 g/mol. The summed E-state index contributed by atoms with van der Waals surface area (Å²) in [7, 11) is 0. The van der Waals surface area contributed by atoms with E-state index in [1.807, 2.05) is 12.1 Å². The summed E-state index contributed by atoms with van der Waals surface area (Å²) in [6.07, 6.45) is 4.36. The minimum Gasteiger partial charge on any atom is -0.478 e. The molecule has 0 saturated heterocycles. The molecule has 9 nitrogen and oxygen atoms in total. The summed E-state index contributed by atoms with van der Waals surface area (Å²) in [5.41, 5.74) is 3.45. The molecule has 0 radical (unpaired) electrons. The lowest BCUT2D eigenvalue weighted by molar-refractivity contribution is -0.142. The van der Waals surface area contributed by atoms with E-state index in [0.29, 0.717) is 34.3 Å². The number of anilines is 1. The van der Waals surface area contributed by atoms with E-state index in [1.54, 1.807) is 42.6 Å². The van der Waals surface area contributed by atoms with Crippen LogP contribution in [0, 0.1) is 0 Å². The Kier molecular flexibility index (Phi) is 7.00. The lowest BCUT2D eigenvalue weighted by Gasteiger charge is -2.17. The van der Waals surface area contributed by atoms with Crippen LogP contribution in [0.4, 0.5) is 5.13 Å². The van der Waals surface area contributed by atoms with Crippen molar-refractivity contribution in [1.29, 1.82) is 0 Å². The number of esters is 1. The molecule has 0 bridgehead atoms. The number of aromatic nitrogens is 3. The fourth-order valence-electron chi connectivity index (χ4n) is 4.74. The third kappa shape index (κ3) is 5.24. The molecule has 1 amide bonds. The first-order valence-corrected chi connectivity index (χ1v) is 13.1. The molecule has 0 atom stereocenters. The number of aromatic carboxylic acids is 1. The van der Waals surface area contributed by atoms with Gasteiger partial charge in [-0.2, -0.15) is 0 Å². The molecule has 4 aromatic rings. The van der Waals surface area contributed by atoms with Crippen LogP contribution in [0.25, 0.3) is 22.4 Å². The fourth-order valence-corrected chi connectivity index (χ4v) is 5.45. The van der Waals surface area contributed by atoms with Crippen LogP contribution in [0.5, 0.6) is 0 Å². The summed E-state index contributed by atoms with van der Waals surface area (Å²) < 4.78 is 7.14. The molecule has 1 aliphatic carbocycles. The molecule has 1 aliphatic rings. The van der Waals surface area contributed by atoms with Gasteiger partial charge in [-0.25, -0.2) is 14.8 Å². The number of thiazole rings is 1. The zero-order valence-electron chi connectivity index (χ0n) is 20.3. The van der Waals surface area contributed by atoms with Gasteiger partial charge in [-0.05, 0) is 50.1 Å². The molecule has 190 valence electrons.